The summed E-state index contributed by atoms with van der Waals surface area (Å²) in [7, 11) is 0. The van der Waals surface area contributed by atoms with Gasteiger partial charge in [0, 0.05) is 11.6 Å². The molecule has 0 radical (unpaired) electrons. The van der Waals surface area contributed by atoms with Gasteiger partial charge < -0.3 is 10.4 Å². The number of hydrogen-bond acceptors (Lipinski definition) is 2. The van der Waals surface area contributed by atoms with Gasteiger partial charge in [-0.25, -0.2) is 0 Å². The maximum absolute atomic E-state index is 9.98. The largest absolute Gasteiger partial charge is 0.387 e. The number of unbranched alkanes of at least 4 members (excludes halogenated alkanes) is 5. The van der Waals surface area contributed by atoms with Crippen LogP contribution >= 0.6 is 11.6 Å². The first kappa shape index (κ1) is 16.5. The summed E-state index contributed by atoms with van der Waals surface area (Å²) in [6.45, 7) is 3.83. The van der Waals surface area contributed by atoms with E-state index in [0.717, 1.165) is 12.1 Å². The zero-order chi connectivity index (χ0) is 13.9. The molecule has 0 aliphatic rings. The molecular weight excluding hydrogens is 258 g/mol. The molecule has 1 unspecified atom stereocenters. The molecule has 0 saturated carbocycles. The Hall–Kier alpha value is -0.570. The minimum Gasteiger partial charge on any atom is -0.387 e. The minimum absolute atomic E-state index is 0.447. The predicted molar refractivity (Wildman–Crippen MR) is 82.7 cm³/mol. The molecule has 0 heterocycles. The van der Waals surface area contributed by atoms with Crippen molar-refractivity contribution in [2.24, 2.45) is 0 Å². The van der Waals surface area contributed by atoms with Gasteiger partial charge in [-0.3, -0.25) is 0 Å². The number of nitrogens with one attached hydrogen (secondary N) is 1. The molecule has 19 heavy (non-hydrogen) atoms. The Balaban J connectivity index is 2.04. The highest BCUT2D eigenvalue weighted by Gasteiger charge is 2.06. The highest BCUT2D eigenvalue weighted by atomic mass is 35.5. The second-order valence-electron chi connectivity index (χ2n) is 5.04. The summed E-state index contributed by atoms with van der Waals surface area (Å²) >= 11 is 5.82. The lowest BCUT2D eigenvalue weighted by Crippen LogP contribution is -2.22. The van der Waals surface area contributed by atoms with E-state index in [1.165, 1.54) is 38.5 Å². The molecule has 1 aromatic rings. The van der Waals surface area contributed by atoms with Crippen LogP contribution in [-0.4, -0.2) is 18.2 Å². The Bertz CT molecular complexity index is 326. The molecule has 0 aliphatic carbocycles. The zero-order valence-corrected chi connectivity index (χ0v) is 12.6. The number of aliphatic hydroxyl groups is 1. The lowest BCUT2D eigenvalue weighted by Gasteiger charge is -2.12. The van der Waals surface area contributed by atoms with Crippen molar-refractivity contribution in [2.75, 3.05) is 13.1 Å². The zero-order valence-electron chi connectivity index (χ0n) is 11.9. The van der Waals surface area contributed by atoms with Gasteiger partial charge in [-0.2, -0.15) is 0 Å². The Labute approximate surface area is 122 Å². The van der Waals surface area contributed by atoms with Gasteiger partial charge in [-0.05, 0) is 30.7 Å². The van der Waals surface area contributed by atoms with Crippen LogP contribution in [0.4, 0.5) is 0 Å². The molecule has 1 aromatic carbocycles. The topological polar surface area (TPSA) is 32.3 Å². The standard InChI is InChI=1S/C16H26ClNO/c1-2-3-4-5-6-7-12-18-13-16(19)14-8-10-15(17)11-9-14/h8-11,16,18-19H,2-7,12-13H2,1H3. The molecule has 1 atom stereocenters. The van der Waals surface area contributed by atoms with Gasteiger partial charge in [-0.15, -0.1) is 0 Å². The van der Waals surface area contributed by atoms with Crippen molar-refractivity contribution < 1.29 is 5.11 Å². The Morgan fingerprint density at radius 1 is 1.05 bits per heavy atom. The summed E-state index contributed by atoms with van der Waals surface area (Å²) < 4.78 is 0. The summed E-state index contributed by atoms with van der Waals surface area (Å²) in [5.74, 6) is 0. The average Bonchev–Trinajstić information content (AvgIpc) is 2.42. The van der Waals surface area contributed by atoms with E-state index in [4.69, 9.17) is 11.6 Å². The summed E-state index contributed by atoms with van der Waals surface area (Å²) in [4.78, 5) is 0. The van der Waals surface area contributed by atoms with E-state index in [1.807, 2.05) is 24.3 Å². The lowest BCUT2D eigenvalue weighted by atomic mass is 10.1. The fourth-order valence-electron chi connectivity index (χ4n) is 2.07. The fraction of sp³-hybridized carbons (Fsp3) is 0.625. The number of benzene rings is 1. The molecule has 0 aromatic heterocycles. The third-order valence-corrected chi connectivity index (χ3v) is 3.55. The molecule has 1 rings (SSSR count). The summed E-state index contributed by atoms with van der Waals surface area (Å²) in [6, 6.07) is 7.38. The van der Waals surface area contributed by atoms with Crippen LogP contribution in [0.25, 0.3) is 0 Å². The normalized spacial score (nSPS) is 12.6. The molecule has 0 fully saturated rings. The van der Waals surface area contributed by atoms with Crippen molar-refractivity contribution in [3.63, 3.8) is 0 Å². The fourth-order valence-corrected chi connectivity index (χ4v) is 2.20. The second kappa shape index (κ2) is 10.2. The maximum atomic E-state index is 9.98. The first-order valence-corrected chi connectivity index (χ1v) is 7.76. The van der Waals surface area contributed by atoms with Crippen LogP contribution in [0.2, 0.25) is 5.02 Å². The van der Waals surface area contributed by atoms with Gasteiger partial charge in [0.1, 0.15) is 0 Å². The Morgan fingerprint density at radius 3 is 2.37 bits per heavy atom. The molecule has 2 nitrogen and oxygen atoms in total. The average molecular weight is 284 g/mol. The number of rotatable bonds is 10. The first-order chi connectivity index (χ1) is 9.24. The van der Waals surface area contributed by atoms with Gasteiger partial charge >= 0.3 is 0 Å². The van der Waals surface area contributed by atoms with Crippen LogP contribution in [0.5, 0.6) is 0 Å². The van der Waals surface area contributed by atoms with Crippen LogP contribution < -0.4 is 5.32 Å². The van der Waals surface area contributed by atoms with Gasteiger partial charge in [0.2, 0.25) is 0 Å². The van der Waals surface area contributed by atoms with Crippen LogP contribution in [0.15, 0.2) is 24.3 Å². The van der Waals surface area contributed by atoms with Crippen LogP contribution in [-0.2, 0) is 0 Å². The van der Waals surface area contributed by atoms with E-state index < -0.39 is 6.10 Å². The van der Waals surface area contributed by atoms with E-state index in [0.29, 0.717) is 11.6 Å². The van der Waals surface area contributed by atoms with Gasteiger partial charge in [0.25, 0.3) is 0 Å². The van der Waals surface area contributed by atoms with Gasteiger partial charge in [-0.1, -0.05) is 62.8 Å². The number of aliphatic hydroxyl groups excluding tert-OH is 1. The molecule has 0 bridgehead atoms. The van der Waals surface area contributed by atoms with E-state index in [1.54, 1.807) is 0 Å². The van der Waals surface area contributed by atoms with Crippen molar-refractivity contribution in [1.29, 1.82) is 0 Å². The van der Waals surface area contributed by atoms with Crippen molar-refractivity contribution in [2.45, 2.75) is 51.6 Å². The molecule has 3 heteroatoms. The van der Waals surface area contributed by atoms with Crippen LogP contribution in [0, 0.1) is 0 Å². The van der Waals surface area contributed by atoms with Gasteiger partial charge in [0.05, 0.1) is 6.10 Å². The van der Waals surface area contributed by atoms with Crippen LogP contribution in [0.3, 0.4) is 0 Å². The Morgan fingerprint density at radius 2 is 1.68 bits per heavy atom. The molecule has 0 saturated heterocycles. The molecule has 0 amide bonds. The highest BCUT2D eigenvalue weighted by Crippen LogP contribution is 2.15. The molecule has 0 aliphatic heterocycles. The summed E-state index contributed by atoms with van der Waals surface area (Å²) in [5, 5.41) is 14.0. The number of halogens is 1. The van der Waals surface area contributed by atoms with Gasteiger partial charge in [0.15, 0.2) is 0 Å². The predicted octanol–water partition coefficient (Wildman–Crippen LogP) is 4.32. The summed E-state index contributed by atoms with van der Waals surface area (Å²) in [5.41, 5.74) is 0.917. The van der Waals surface area contributed by atoms with E-state index in [-0.39, 0.29) is 0 Å². The molecule has 2 N–H and O–H groups in total. The molecule has 0 spiro atoms. The van der Waals surface area contributed by atoms with Crippen molar-refractivity contribution in [1.82, 2.24) is 5.32 Å². The Kier molecular flexibility index (Phi) is 8.89. The lowest BCUT2D eigenvalue weighted by molar-refractivity contribution is 0.174. The smallest absolute Gasteiger partial charge is 0.0914 e. The second-order valence-corrected chi connectivity index (χ2v) is 5.48. The van der Waals surface area contributed by atoms with Crippen LogP contribution in [0.1, 0.15) is 57.1 Å². The van der Waals surface area contributed by atoms with E-state index in [9.17, 15) is 5.11 Å². The first-order valence-electron chi connectivity index (χ1n) is 7.38. The van der Waals surface area contributed by atoms with E-state index >= 15 is 0 Å². The minimum atomic E-state index is -0.447. The number of hydrogen-bond donors (Lipinski definition) is 2. The van der Waals surface area contributed by atoms with Crippen molar-refractivity contribution >= 4 is 11.6 Å². The SMILES string of the molecule is CCCCCCCCNCC(O)c1ccc(Cl)cc1. The van der Waals surface area contributed by atoms with Crippen molar-refractivity contribution in [3.8, 4) is 0 Å². The third kappa shape index (κ3) is 7.56. The van der Waals surface area contributed by atoms with Crippen molar-refractivity contribution in [3.05, 3.63) is 34.9 Å². The highest BCUT2D eigenvalue weighted by molar-refractivity contribution is 6.30. The maximum Gasteiger partial charge on any atom is 0.0914 e. The molecule has 108 valence electrons. The monoisotopic (exact) mass is 283 g/mol. The van der Waals surface area contributed by atoms with E-state index in [2.05, 4.69) is 12.2 Å². The summed E-state index contributed by atoms with van der Waals surface area (Å²) in [6.07, 6.45) is 7.35. The quantitative estimate of drug-likeness (QED) is 0.627. The third-order valence-electron chi connectivity index (χ3n) is 3.30. The molecular formula is C16H26ClNO.